The molecular weight excluding hydrogens is 144 g/mol. The number of carbonyl (C=O) groups is 1. The number of hydrogen-bond donors (Lipinski definition) is 0. The molecular formula is C8H14O3. The molecule has 0 radical (unpaired) electrons. The molecule has 0 fully saturated rings. The van der Waals surface area contributed by atoms with Crippen LogP contribution in [0.25, 0.3) is 0 Å². The van der Waals surface area contributed by atoms with Gasteiger partial charge in [0.1, 0.15) is 0 Å². The summed E-state index contributed by atoms with van der Waals surface area (Å²) in [4.78, 5) is 10.9. The summed E-state index contributed by atoms with van der Waals surface area (Å²) in [5, 5.41) is 0. The maximum Gasteiger partial charge on any atom is 0.336 e. The van der Waals surface area contributed by atoms with Crippen molar-refractivity contribution in [3.05, 3.63) is 11.8 Å². The average molecular weight is 158 g/mol. The second kappa shape index (κ2) is 5.77. The summed E-state index contributed by atoms with van der Waals surface area (Å²) in [6, 6.07) is 0. The first-order chi connectivity index (χ1) is 5.22. The minimum Gasteiger partial charge on any atom is -0.504 e. The Labute approximate surface area is 67.0 Å². The van der Waals surface area contributed by atoms with Gasteiger partial charge in [-0.05, 0) is 13.3 Å². The van der Waals surface area contributed by atoms with E-state index in [1.165, 1.54) is 13.4 Å². The summed E-state index contributed by atoms with van der Waals surface area (Å²) >= 11 is 0. The normalized spacial score (nSPS) is 11.0. The number of esters is 1. The van der Waals surface area contributed by atoms with E-state index in [0.717, 1.165) is 6.42 Å². The summed E-state index contributed by atoms with van der Waals surface area (Å²) in [7, 11) is 1.50. The summed E-state index contributed by atoms with van der Waals surface area (Å²) < 4.78 is 9.46. The Hall–Kier alpha value is -0.990. The fraction of sp³-hybridized carbons (Fsp3) is 0.625. The molecule has 0 spiro atoms. The van der Waals surface area contributed by atoms with Gasteiger partial charge in [-0.1, -0.05) is 6.92 Å². The highest BCUT2D eigenvalue weighted by atomic mass is 16.5. The van der Waals surface area contributed by atoms with Crippen molar-refractivity contribution in [1.82, 2.24) is 0 Å². The van der Waals surface area contributed by atoms with E-state index < -0.39 is 0 Å². The first-order valence-corrected chi connectivity index (χ1v) is 3.59. The lowest BCUT2D eigenvalue weighted by Gasteiger charge is -2.01. The third-order valence-corrected chi connectivity index (χ3v) is 1.05. The van der Waals surface area contributed by atoms with E-state index in [0.29, 0.717) is 12.2 Å². The Kier molecular flexibility index (Phi) is 5.25. The van der Waals surface area contributed by atoms with Gasteiger partial charge in [0, 0.05) is 0 Å². The molecule has 3 nitrogen and oxygen atoms in total. The number of ether oxygens (including phenoxy) is 2. The fourth-order valence-electron chi connectivity index (χ4n) is 0.533. The molecule has 0 rings (SSSR count). The van der Waals surface area contributed by atoms with Gasteiger partial charge in [-0.25, -0.2) is 4.79 Å². The van der Waals surface area contributed by atoms with Crippen molar-refractivity contribution in [2.45, 2.75) is 20.3 Å². The standard InChI is InChI=1S/C8H14O3/c1-4-5-11-8(9)7(2)6-10-3/h6H,4-5H2,1-3H3/b7-6+. The van der Waals surface area contributed by atoms with Crippen LogP contribution in [0.3, 0.4) is 0 Å². The molecule has 0 aromatic carbocycles. The molecule has 0 atom stereocenters. The fourth-order valence-corrected chi connectivity index (χ4v) is 0.533. The topological polar surface area (TPSA) is 35.5 Å². The minimum atomic E-state index is -0.311. The van der Waals surface area contributed by atoms with E-state index in [9.17, 15) is 4.79 Å². The molecule has 0 bridgehead atoms. The van der Waals surface area contributed by atoms with Crippen molar-refractivity contribution in [2.75, 3.05) is 13.7 Å². The number of rotatable bonds is 4. The van der Waals surface area contributed by atoms with Crippen LogP contribution in [0.5, 0.6) is 0 Å². The number of hydrogen-bond acceptors (Lipinski definition) is 3. The number of carbonyl (C=O) groups excluding carboxylic acids is 1. The summed E-state index contributed by atoms with van der Waals surface area (Å²) in [6.07, 6.45) is 2.21. The van der Waals surface area contributed by atoms with Gasteiger partial charge < -0.3 is 9.47 Å². The Balaban J connectivity index is 3.73. The summed E-state index contributed by atoms with van der Waals surface area (Å²) in [5.74, 6) is -0.311. The van der Waals surface area contributed by atoms with Crippen LogP contribution in [0.15, 0.2) is 11.8 Å². The second-order valence-corrected chi connectivity index (χ2v) is 2.17. The molecule has 0 N–H and O–H groups in total. The van der Waals surface area contributed by atoms with E-state index in [4.69, 9.17) is 4.74 Å². The Morgan fingerprint density at radius 3 is 2.64 bits per heavy atom. The Morgan fingerprint density at radius 1 is 1.55 bits per heavy atom. The minimum absolute atomic E-state index is 0.311. The lowest BCUT2D eigenvalue weighted by Crippen LogP contribution is -2.06. The molecule has 0 saturated heterocycles. The van der Waals surface area contributed by atoms with Crippen molar-refractivity contribution >= 4 is 5.97 Å². The van der Waals surface area contributed by atoms with Gasteiger partial charge in [0.2, 0.25) is 0 Å². The molecule has 64 valence electrons. The van der Waals surface area contributed by atoms with Crippen LogP contribution in [-0.4, -0.2) is 19.7 Å². The molecule has 0 saturated carbocycles. The van der Waals surface area contributed by atoms with E-state index >= 15 is 0 Å². The predicted octanol–water partition coefficient (Wildman–Crippen LogP) is 1.49. The first-order valence-electron chi connectivity index (χ1n) is 3.59. The Bertz CT molecular complexity index is 149. The van der Waals surface area contributed by atoms with E-state index in [1.807, 2.05) is 6.92 Å². The maximum absolute atomic E-state index is 10.9. The largest absolute Gasteiger partial charge is 0.504 e. The van der Waals surface area contributed by atoms with Crippen LogP contribution in [0.4, 0.5) is 0 Å². The quantitative estimate of drug-likeness (QED) is 0.353. The van der Waals surface area contributed by atoms with Gasteiger partial charge in [0.05, 0.1) is 25.6 Å². The third kappa shape index (κ3) is 4.42. The van der Waals surface area contributed by atoms with Crippen molar-refractivity contribution in [2.24, 2.45) is 0 Å². The van der Waals surface area contributed by atoms with Crippen molar-refractivity contribution in [1.29, 1.82) is 0 Å². The van der Waals surface area contributed by atoms with E-state index in [1.54, 1.807) is 6.92 Å². The summed E-state index contributed by atoms with van der Waals surface area (Å²) in [6.45, 7) is 4.07. The molecule has 0 aromatic rings. The van der Waals surface area contributed by atoms with Gasteiger partial charge in [0.15, 0.2) is 0 Å². The molecule has 3 heteroatoms. The van der Waals surface area contributed by atoms with Crippen LogP contribution in [-0.2, 0) is 14.3 Å². The Morgan fingerprint density at radius 2 is 2.18 bits per heavy atom. The molecule has 0 unspecified atom stereocenters. The van der Waals surface area contributed by atoms with Crippen molar-refractivity contribution in [3.63, 3.8) is 0 Å². The summed E-state index contributed by atoms with van der Waals surface area (Å²) in [5.41, 5.74) is 0.487. The zero-order valence-electron chi connectivity index (χ0n) is 7.22. The maximum atomic E-state index is 10.9. The molecule has 0 aliphatic carbocycles. The molecule has 0 aliphatic heterocycles. The smallest absolute Gasteiger partial charge is 0.336 e. The lowest BCUT2D eigenvalue weighted by molar-refractivity contribution is -0.139. The highest BCUT2D eigenvalue weighted by Crippen LogP contribution is 1.96. The van der Waals surface area contributed by atoms with Gasteiger partial charge in [-0.15, -0.1) is 0 Å². The number of methoxy groups -OCH3 is 1. The van der Waals surface area contributed by atoms with Crippen LogP contribution < -0.4 is 0 Å². The van der Waals surface area contributed by atoms with E-state index in [2.05, 4.69) is 4.74 Å². The SMILES string of the molecule is CCCOC(=O)/C(C)=C/OC. The van der Waals surface area contributed by atoms with Crippen LogP contribution in [0.1, 0.15) is 20.3 Å². The predicted molar refractivity (Wildman–Crippen MR) is 42.0 cm³/mol. The van der Waals surface area contributed by atoms with Gasteiger partial charge in [-0.2, -0.15) is 0 Å². The first kappa shape index (κ1) is 10.0. The van der Waals surface area contributed by atoms with Crippen LogP contribution in [0.2, 0.25) is 0 Å². The zero-order chi connectivity index (χ0) is 8.69. The van der Waals surface area contributed by atoms with Gasteiger partial charge in [0.25, 0.3) is 0 Å². The van der Waals surface area contributed by atoms with Crippen molar-refractivity contribution in [3.8, 4) is 0 Å². The molecule has 0 aromatic heterocycles. The molecule has 11 heavy (non-hydrogen) atoms. The second-order valence-electron chi connectivity index (χ2n) is 2.17. The average Bonchev–Trinajstić information content (AvgIpc) is 2.00. The molecule has 0 heterocycles. The monoisotopic (exact) mass is 158 g/mol. The third-order valence-electron chi connectivity index (χ3n) is 1.05. The highest BCUT2D eigenvalue weighted by Gasteiger charge is 2.03. The van der Waals surface area contributed by atoms with Crippen LogP contribution in [0, 0.1) is 0 Å². The van der Waals surface area contributed by atoms with Crippen molar-refractivity contribution < 1.29 is 14.3 Å². The highest BCUT2D eigenvalue weighted by molar-refractivity contribution is 5.87. The molecule has 0 aliphatic rings. The zero-order valence-corrected chi connectivity index (χ0v) is 7.22. The lowest BCUT2D eigenvalue weighted by atomic mass is 10.3. The molecule has 0 amide bonds. The van der Waals surface area contributed by atoms with Gasteiger partial charge >= 0.3 is 5.97 Å². The van der Waals surface area contributed by atoms with E-state index in [-0.39, 0.29) is 5.97 Å². The van der Waals surface area contributed by atoms with Gasteiger partial charge in [-0.3, -0.25) is 0 Å². The van der Waals surface area contributed by atoms with Crippen LogP contribution >= 0.6 is 0 Å².